The van der Waals surface area contributed by atoms with Crippen molar-refractivity contribution in [2.75, 3.05) is 0 Å². The molecular weight excluding hydrogens is 274 g/mol. The molecule has 0 spiro atoms. The summed E-state index contributed by atoms with van der Waals surface area (Å²) >= 11 is 0. The van der Waals surface area contributed by atoms with E-state index in [-0.39, 0.29) is 64.4 Å². The molecule has 1 aliphatic rings. The number of hydrogen-bond acceptors (Lipinski definition) is 0. The fraction of sp³-hybridized carbons (Fsp3) is 0.600. The van der Waals surface area contributed by atoms with E-state index in [1.807, 2.05) is 0 Å². The van der Waals surface area contributed by atoms with Crippen molar-refractivity contribution in [2.24, 2.45) is 5.41 Å². The van der Waals surface area contributed by atoms with E-state index in [0.717, 1.165) is 0 Å². The monoisotopic (exact) mass is 291 g/mol. The molecule has 4 heteroatoms. The van der Waals surface area contributed by atoms with Crippen LogP contribution in [0.3, 0.4) is 0 Å². The first-order valence-corrected chi connectivity index (χ1v) is 3.75. The van der Waals surface area contributed by atoms with Gasteiger partial charge in [0.05, 0.1) is 0 Å². The fourth-order valence-electron chi connectivity index (χ4n) is 1.41. The molecule has 0 atom stereocenters. The maximum absolute atomic E-state index is 3.44. The average Bonchev–Trinajstić information content (AvgIpc) is 1.95. The van der Waals surface area contributed by atoms with Crippen molar-refractivity contribution in [3.8, 4) is 0 Å². The minimum absolute atomic E-state index is 0. The van der Waals surface area contributed by atoms with Gasteiger partial charge in [-0.05, 0) is 0 Å². The minimum Gasteiger partial charge on any atom is -0.263 e. The maximum Gasteiger partial charge on any atom is 0 e. The second kappa shape index (κ2) is 8.24. The van der Waals surface area contributed by atoms with E-state index in [1.165, 1.54) is 16.7 Å². The van der Waals surface area contributed by atoms with Crippen molar-refractivity contribution in [1.29, 1.82) is 0 Å². The van der Waals surface area contributed by atoms with Gasteiger partial charge in [0.1, 0.15) is 0 Å². The van der Waals surface area contributed by atoms with Crippen molar-refractivity contribution in [3.05, 3.63) is 22.8 Å². The Kier molecular flexibility index (Phi) is 14.3. The Morgan fingerprint density at radius 3 is 1.36 bits per heavy atom. The molecule has 14 heavy (non-hydrogen) atoms. The van der Waals surface area contributed by atoms with Gasteiger partial charge in [0.2, 0.25) is 0 Å². The van der Waals surface area contributed by atoms with E-state index < -0.39 is 0 Å². The van der Waals surface area contributed by atoms with E-state index >= 15 is 0 Å². The van der Waals surface area contributed by atoms with Crippen LogP contribution in [0.4, 0.5) is 0 Å². The second-order valence-electron chi connectivity index (χ2n) is 3.62. The molecule has 0 nitrogen and oxygen atoms in total. The first-order valence-electron chi connectivity index (χ1n) is 3.75. The van der Waals surface area contributed by atoms with Crippen molar-refractivity contribution in [3.63, 3.8) is 0 Å². The SMILES string of the molecule is CC1=[C-]C(C)(C)C(C)=C1C.Cl.Cl.Cl.[Ti]. The predicted octanol–water partition coefficient (Wildman–Crippen LogP) is 4.37. The summed E-state index contributed by atoms with van der Waals surface area (Å²) in [6, 6.07) is 0. The van der Waals surface area contributed by atoms with Crippen molar-refractivity contribution >= 4 is 37.2 Å². The van der Waals surface area contributed by atoms with Crippen molar-refractivity contribution in [1.82, 2.24) is 0 Å². The Labute approximate surface area is 121 Å². The van der Waals surface area contributed by atoms with Crippen molar-refractivity contribution < 1.29 is 21.7 Å². The summed E-state index contributed by atoms with van der Waals surface area (Å²) in [5, 5.41) is 0. The zero-order valence-corrected chi connectivity index (χ0v) is 13.2. The Morgan fingerprint density at radius 1 is 0.929 bits per heavy atom. The first-order chi connectivity index (χ1) is 4.45. The van der Waals surface area contributed by atoms with E-state index in [0.29, 0.717) is 0 Å². The molecule has 0 saturated heterocycles. The van der Waals surface area contributed by atoms with Crippen LogP contribution in [0.5, 0.6) is 0 Å². The molecule has 0 N–H and O–H groups in total. The van der Waals surface area contributed by atoms with Gasteiger partial charge in [0, 0.05) is 21.7 Å². The molecule has 0 aliphatic heterocycles. The quantitative estimate of drug-likeness (QED) is 0.459. The van der Waals surface area contributed by atoms with Crippen LogP contribution in [-0.4, -0.2) is 0 Å². The fourth-order valence-corrected chi connectivity index (χ4v) is 1.41. The molecule has 0 bridgehead atoms. The van der Waals surface area contributed by atoms with Crippen LogP contribution in [-0.2, 0) is 21.7 Å². The van der Waals surface area contributed by atoms with Crippen LogP contribution >= 0.6 is 37.2 Å². The summed E-state index contributed by atoms with van der Waals surface area (Å²) in [6.07, 6.45) is 3.44. The van der Waals surface area contributed by atoms with E-state index in [1.54, 1.807) is 0 Å². The van der Waals surface area contributed by atoms with Gasteiger partial charge >= 0.3 is 0 Å². The zero-order valence-electron chi connectivity index (χ0n) is 9.22. The molecular formula is C10H18Cl3Ti-. The van der Waals surface area contributed by atoms with E-state index in [4.69, 9.17) is 0 Å². The zero-order chi connectivity index (χ0) is 7.94. The van der Waals surface area contributed by atoms with Crippen LogP contribution in [0.15, 0.2) is 16.7 Å². The summed E-state index contributed by atoms with van der Waals surface area (Å²) in [5.74, 6) is 0. The van der Waals surface area contributed by atoms with Gasteiger partial charge < -0.3 is 0 Å². The van der Waals surface area contributed by atoms with Gasteiger partial charge in [0.15, 0.2) is 0 Å². The van der Waals surface area contributed by atoms with Crippen LogP contribution in [0.1, 0.15) is 34.6 Å². The molecule has 0 aromatic rings. The largest absolute Gasteiger partial charge is 0.263 e. The molecule has 84 valence electrons. The van der Waals surface area contributed by atoms with Gasteiger partial charge in [-0.25, -0.2) is 5.57 Å². The average molecular weight is 292 g/mol. The Hall–Kier alpha value is 1.06. The third-order valence-electron chi connectivity index (χ3n) is 2.56. The first kappa shape index (κ1) is 24.3. The number of rotatable bonds is 0. The van der Waals surface area contributed by atoms with Gasteiger partial charge in [-0.15, -0.1) is 44.1 Å². The van der Waals surface area contributed by atoms with Gasteiger partial charge in [-0.1, -0.05) is 33.1 Å². The molecule has 0 unspecified atom stereocenters. The molecule has 0 aromatic heterocycles. The molecule has 0 saturated carbocycles. The van der Waals surface area contributed by atoms with Crippen LogP contribution < -0.4 is 0 Å². The predicted molar refractivity (Wildman–Crippen MR) is 66.3 cm³/mol. The molecule has 0 heterocycles. The Morgan fingerprint density at radius 2 is 1.29 bits per heavy atom. The van der Waals surface area contributed by atoms with Gasteiger partial charge in [-0.2, -0.15) is 11.1 Å². The number of halogens is 3. The normalized spacial score (nSPS) is 16.8. The third kappa shape index (κ3) is 4.72. The molecule has 0 aromatic carbocycles. The smallest absolute Gasteiger partial charge is 0 e. The Balaban J connectivity index is -0.000000125. The molecule has 0 fully saturated rings. The molecule has 0 amide bonds. The number of allylic oxidation sites excluding steroid dienone is 4. The van der Waals surface area contributed by atoms with E-state index in [2.05, 4.69) is 40.7 Å². The standard InChI is InChI=1S/C10H15.3ClH.Ti/c1-7-6-10(4,5)9(3)8(7)2;;;;/h1-5H3;3*1H;/q-1;;;;. The van der Waals surface area contributed by atoms with E-state index in [9.17, 15) is 0 Å². The Bertz CT molecular complexity index is 230. The minimum atomic E-state index is 0. The molecule has 1 rings (SSSR count). The maximum atomic E-state index is 3.44. The summed E-state index contributed by atoms with van der Waals surface area (Å²) in [7, 11) is 0. The van der Waals surface area contributed by atoms with Gasteiger partial charge in [-0.3, -0.25) is 6.08 Å². The molecule has 1 aliphatic carbocycles. The van der Waals surface area contributed by atoms with Crippen LogP contribution in [0.25, 0.3) is 0 Å². The summed E-state index contributed by atoms with van der Waals surface area (Å²) in [4.78, 5) is 0. The summed E-state index contributed by atoms with van der Waals surface area (Å²) in [6.45, 7) is 10.9. The topological polar surface area (TPSA) is 0 Å². The van der Waals surface area contributed by atoms with Crippen molar-refractivity contribution in [2.45, 2.75) is 34.6 Å². The number of hydrogen-bond donors (Lipinski definition) is 0. The summed E-state index contributed by atoms with van der Waals surface area (Å²) in [5.41, 5.74) is 4.39. The van der Waals surface area contributed by atoms with Gasteiger partial charge in [0.25, 0.3) is 0 Å². The third-order valence-corrected chi connectivity index (χ3v) is 2.56. The second-order valence-corrected chi connectivity index (χ2v) is 3.62. The van der Waals surface area contributed by atoms with Crippen LogP contribution in [0, 0.1) is 11.5 Å². The molecule has 0 radical (unpaired) electrons. The van der Waals surface area contributed by atoms with Crippen LogP contribution in [0.2, 0.25) is 0 Å². The summed E-state index contributed by atoms with van der Waals surface area (Å²) < 4.78 is 0.